The Balaban J connectivity index is 1.90. The van der Waals surface area contributed by atoms with Crippen molar-refractivity contribution in [2.75, 3.05) is 30.3 Å². The van der Waals surface area contributed by atoms with Gasteiger partial charge in [-0.25, -0.2) is 4.39 Å². The zero-order valence-corrected chi connectivity index (χ0v) is 18.4. The Kier molecular flexibility index (Phi) is 7.62. The normalized spacial score (nSPS) is 10.4. The van der Waals surface area contributed by atoms with E-state index in [2.05, 4.69) is 38.4 Å². The van der Waals surface area contributed by atoms with E-state index in [1.807, 2.05) is 13.8 Å². The van der Waals surface area contributed by atoms with Crippen molar-refractivity contribution in [1.82, 2.24) is 9.88 Å². The molecular weight excluding hydrogens is 429 g/mol. The van der Waals surface area contributed by atoms with E-state index in [9.17, 15) is 14.4 Å². The summed E-state index contributed by atoms with van der Waals surface area (Å²) in [5.41, 5.74) is 2.41. The van der Waals surface area contributed by atoms with Crippen LogP contribution in [0.5, 0.6) is 0 Å². The lowest BCUT2D eigenvalue weighted by atomic mass is 10.1. The van der Waals surface area contributed by atoms with Gasteiger partial charge >= 0.3 is 0 Å². The van der Waals surface area contributed by atoms with Crippen molar-refractivity contribution in [3.8, 4) is 17.9 Å². The van der Waals surface area contributed by atoms with Gasteiger partial charge in [0.05, 0.1) is 28.3 Å². The maximum atomic E-state index is 13.5. The van der Waals surface area contributed by atoms with Gasteiger partial charge < -0.3 is 10.6 Å². The highest BCUT2D eigenvalue weighted by Crippen LogP contribution is 2.32. The smallest absolute Gasteiger partial charge is 0.300 e. The summed E-state index contributed by atoms with van der Waals surface area (Å²) in [6, 6.07) is 11.4. The van der Waals surface area contributed by atoms with E-state index in [-0.39, 0.29) is 5.02 Å². The van der Waals surface area contributed by atoms with Gasteiger partial charge in [0, 0.05) is 23.0 Å². The number of aromatic nitrogens is 1. The van der Waals surface area contributed by atoms with Gasteiger partial charge in [-0.1, -0.05) is 31.4 Å². The Bertz CT molecular complexity index is 1250. The number of amides is 1. The van der Waals surface area contributed by atoms with E-state index in [1.54, 1.807) is 18.2 Å². The number of nitriles is 1. The second kappa shape index (κ2) is 10.6. The number of nitrogens with zero attached hydrogens (tertiary/aromatic N) is 3. The largest absolute Gasteiger partial charge is 0.354 e. The van der Waals surface area contributed by atoms with Crippen molar-refractivity contribution in [2.24, 2.45) is 0 Å². The van der Waals surface area contributed by atoms with Crippen molar-refractivity contribution in [3.05, 3.63) is 59.0 Å². The van der Waals surface area contributed by atoms with Crippen LogP contribution < -0.4 is 10.6 Å². The minimum Gasteiger partial charge on any atom is -0.354 e. The van der Waals surface area contributed by atoms with E-state index < -0.39 is 11.7 Å². The molecule has 0 saturated carbocycles. The minimum atomic E-state index is -0.538. The van der Waals surface area contributed by atoms with Crippen molar-refractivity contribution >= 4 is 45.5 Å². The van der Waals surface area contributed by atoms with Crippen LogP contribution in [0.3, 0.4) is 0 Å². The fraction of sp³-hybridized carbons (Fsp3) is 0.208. The first-order chi connectivity index (χ1) is 15.4. The van der Waals surface area contributed by atoms with Crippen molar-refractivity contribution in [3.63, 3.8) is 0 Å². The molecule has 0 bridgehead atoms. The van der Waals surface area contributed by atoms with Gasteiger partial charge in [-0.2, -0.15) is 5.26 Å². The van der Waals surface area contributed by atoms with E-state index >= 15 is 0 Å². The lowest BCUT2D eigenvalue weighted by Crippen LogP contribution is -2.23. The molecule has 0 radical (unpaired) electrons. The molecule has 1 aromatic heterocycles. The minimum absolute atomic E-state index is 0.0388. The van der Waals surface area contributed by atoms with Gasteiger partial charge in [-0.15, -0.1) is 0 Å². The molecular formula is C24H21ClFN5O. The van der Waals surface area contributed by atoms with Gasteiger partial charge in [0.15, 0.2) is 0 Å². The number of carbonyl (C=O) groups is 1. The predicted molar refractivity (Wildman–Crippen MR) is 125 cm³/mol. The molecule has 0 fully saturated rings. The Hall–Kier alpha value is -3.65. The fourth-order valence-electron chi connectivity index (χ4n) is 3.05. The summed E-state index contributed by atoms with van der Waals surface area (Å²) < 4.78 is 13.5. The molecule has 1 amide bonds. The molecule has 32 heavy (non-hydrogen) atoms. The quantitative estimate of drug-likeness (QED) is 0.522. The Labute approximate surface area is 191 Å². The number of anilines is 3. The zero-order valence-electron chi connectivity index (χ0n) is 17.7. The van der Waals surface area contributed by atoms with E-state index in [1.165, 1.54) is 24.4 Å². The number of rotatable bonds is 6. The molecule has 0 aliphatic rings. The molecule has 8 heteroatoms. The summed E-state index contributed by atoms with van der Waals surface area (Å²) in [5, 5.41) is 16.0. The zero-order chi connectivity index (χ0) is 23.1. The monoisotopic (exact) mass is 449 g/mol. The second-order valence-electron chi connectivity index (χ2n) is 6.86. The molecule has 3 rings (SSSR count). The number of fused-ring (bicyclic) bond motifs is 1. The summed E-state index contributed by atoms with van der Waals surface area (Å²) in [6.45, 7) is 6.31. The lowest BCUT2D eigenvalue weighted by molar-refractivity contribution is -0.111. The maximum Gasteiger partial charge on any atom is 0.300 e. The van der Waals surface area contributed by atoms with Gasteiger partial charge in [0.1, 0.15) is 11.9 Å². The SMILES string of the molecule is CCN(CC)CC#CC(=O)Nc1ccc2ncc(C#N)c(Nc3ccc(F)c(Cl)c3)c2c1. The molecule has 0 atom stereocenters. The molecule has 6 nitrogen and oxygen atoms in total. The Morgan fingerprint density at radius 3 is 2.62 bits per heavy atom. The summed E-state index contributed by atoms with van der Waals surface area (Å²) in [4.78, 5) is 18.6. The van der Waals surface area contributed by atoms with Gasteiger partial charge in [0.2, 0.25) is 0 Å². The standard InChI is InChI=1S/C24H21ClFN5O/c1-3-31(4-2)11-5-6-23(32)29-17-8-10-22-19(12-17)24(16(14-27)15-28-22)30-18-7-9-21(26)20(25)13-18/h7-10,12-13,15H,3-4,11H2,1-2H3,(H,28,30)(H,29,32). The van der Waals surface area contributed by atoms with E-state index in [0.717, 1.165) is 13.1 Å². The third kappa shape index (κ3) is 5.53. The topological polar surface area (TPSA) is 81.1 Å². The molecule has 0 aliphatic carbocycles. The van der Waals surface area contributed by atoms with E-state index in [4.69, 9.17) is 11.6 Å². The molecule has 3 aromatic rings. The summed E-state index contributed by atoms with van der Waals surface area (Å²) in [7, 11) is 0. The number of carbonyl (C=O) groups excluding carboxylic acids is 1. The average Bonchev–Trinajstić information content (AvgIpc) is 2.79. The summed E-state index contributed by atoms with van der Waals surface area (Å²) in [6.07, 6.45) is 1.45. The molecule has 162 valence electrons. The molecule has 0 aliphatic heterocycles. The molecule has 1 heterocycles. The van der Waals surface area contributed by atoms with Gasteiger partial charge in [0.25, 0.3) is 5.91 Å². The van der Waals surface area contributed by atoms with Crippen LogP contribution in [0, 0.1) is 29.0 Å². The van der Waals surface area contributed by atoms with Crippen LogP contribution in [0.4, 0.5) is 21.5 Å². The number of hydrogen-bond acceptors (Lipinski definition) is 5. The third-order valence-corrected chi connectivity index (χ3v) is 5.12. The van der Waals surface area contributed by atoms with Crippen LogP contribution in [0.1, 0.15) is 19.4 Å². The molecule has 0 spiro atoms. The van der Waals surface area contributed by atoms with Crippen molar-refractivity contribution in [2.45, 2.75) is 13.8 Å². The van der Waals surface area contributed by atoms with Crippen LogP contribution in [-0.2, 0) is 4.79 Å². The third-order valence-electron chi connectivity index (χ3n) is 4.83. The van der Waals surface area contributed by atoms with Crippen LogP contribution in [0.2, 0.25) is 5.02 Å². The molecule has 0 unspecified atom stereocenters. The Morgan fingerprint density at radius 2 is 1.94 bits per heavy atom. The second-order valence-corrected chi connectivity index (χ2v) is 7.27. The fourth-order valence-corrected chi connectivity index (χ4v) is 3.23. The molecule has 0 saturated heterocycles. The number of benzene rings is 2. The van der Waals surface area contributed by atoms with Crippen LogP contribution in [0.25, 0.3) is 10.9 Å². The van der Waals surface area contributed by atoms with Crippen LogP contribution in [0.15, 0.2) is 42.6 Å². The highest BCUT2D eigenvalue weighted by Gasteiger charge is 2.12. The predicted octanol–water partition coefficient (Wildman–Crippen LogP) is 4.93. The highest BCUT2D eigenvalue weighted by molar-refractivity contribution is 6.31. The number of pyridine rings is 1. The van der Waals surface area contributed by atoms with Gasteiger partial charge in [-0.05, 0) is 55.4 Å². The van der Waals surface area contributed by atoms with Gasteiger partial charge in [-0.3, -0.25) is 14.7 Å². The Morgan fingerprint density at radius 1 is 1.19 bits per heavy atom. The lowest BCUT2D eigenvalue weighted by Gasteiger charge is -2.13. The van der Waals surface area contributed by atoms with Crippen LogP contribution in [-0.4, -0.2) is 35.4 Å². The first-order valence-electron chi connectivity index (χ1n) is 10.0. The first-order valence-corrected chi connectivity index (χ1v) is 10.4. The number of hydrogen-bond donors (Lipinski definition) is 2. The first kappa shape index (κ1) is 23.0. The van der Waals surface area contributed by atoms with Crippen molar-refractivity contribution < 1.29 is 9.18 Å². The number of halogens is 2. The number of nitrogens with one attached hydrogen (secondary N) is 2. The molecule has 2 aromatic carbocycles. The molecule has 2 N–H and O–H groups in total. The average molecular weight is 450 g/mol. The maximum absolute atomic E-state index is 13.5. The van der Waals surface area contributed by atoms with Crippen LogP contribution >= 0.6 is 11.6 Å². The van der Waals surface area contributed by atoms with E-state index in [0.29, 0.717) is 40.1 Å². The highest BCUT2D eigenvalue weighted by atomic mass is 35.5. The summed E-state index contributed by atoms with van der Waals surface area (Å²) in [5.74, 6) is 4.49. The van der Waals surface area contributed by atoms with Crippen molar-refractivity contribution in [1.29, 1.82) is 5.26 Å². The summed E-state index contributed by atoms with van der Waals surface area (Å²) >= 11 is 5.88.